The van der Waals surface area contributed by atoms with E-state index in [1.165, 1.54) is 12.1 Å². The Morgan fingerprint density at radius 2 is 1.81 bits per heavy atom. The van der Waals surface area contributed by atoms with Gasteiger partial charge in [0.15, 0.2) is 5.65 Å². The van der Waals surface area contributed by atoms with E-state index in [2.05, 4.69) is 17.0 Å². The molecule has 5 rings (SSSR count). The lowest BCUT2D eigenvalue weighted by Crippen LogP contribution is -2.43. The van der Waals surface area contributed by atoms with Crippen molar-refractivity contribution in [3.63, 3.8) is 0 Å². The Balaban J connectivity index is 1.52. The molecule has 8 heteroatoms. The maximum atomic E-state index is 13.3. The summed E-state index contributed by atoms with van der Waals surface area (Å²) in [5.41, 5.74) is 4.04. The van der Waals surface area contributed by atoms with Gasteiger partial charge in [0.2, 0.25) is 0 Å². The largest absolute Gasteiger partial charge is 0.385 e. The zero-order chi connectivity index (χ0) is 22.5. The van der Waals surface area contributed by atoms with Crippen LogP contribution in [0.1, 0.15) is 42.3 Å². The molecule has 1 aliphatic rings. The van der Waals surface area contributed by atoms with E-state index >= 15 is 0 Å². The van der Waals surface area contributed by atoms with Crippen LogP contribution in [0.5, 0.6) is 0 Å². The van der Waals surface area contributed by atoms with Crippen molar-refractivity contribution in [1.82, 2.24) is 19.8 Å². The van der Waals surface area contributed by atoms with E-state index in [1.807, 2.05) is 30.5 Å². The topological polar surface area (TPSA) is 79.7 Å². The predicted octanol–water partition coefficient (Wildman–Crippen LogP) is 4.19. The van der Waals surface area contributed by atoms with Gasteiger partial charge in [0, 0.05) is 36.5 Å². The minimum atomic E-state index is -0.967. The first-order valence-corrected chi connectivity index (χ1v) is 10.9. The summed E-state index contributed by atoms with van der Waals surface area (Å²) in [5, 5.41) is 20.2. The molecular weight excluding hydrogens is 409 g/mol. The summed E-state index contributed by atoms with van der Waals surface area (Å²) in [6.07, 6.45) is 1.91. The van der Waals surface area contributed by atoms with Gasteiger partial charge in [-0.25, -0.2) is 9.37 Å². The highest BCUT2D eigenvalue weighted by Crippen LogP contribution is 2.36. The summed E-state index contributed by atoms with van der Waals surface area (Å²) < 4.78 is 20.4. The van der Waals surface area contributed by atoms with Gasteiger partial charge < -0.3 is 14.5 Å². The molecule has 0 saturated carbocycles. The molecule has 166 valence electrons. The predicted molar refractivity (Wildman–Crippen MR) is 119 cm³/mol. The zero-order valence-electron chi connectivity index (χ0n) is 18.5. The van der Waals surface area contributed by atoms with E-state index in [4.69, 9.17) is 14.6 Å². The maximum absolute atomic E-state index is 13.3. The summed E-state index contributed by atoms with van der Waals surface area (Å²) in [6, 6.07) is 9.95. The summed E-state index contributed by atoms with van der Waals surface area (Å²) in [5.74, 6) is 1.43. The van der Waals surface area contributed by atoms with Crippen molar-refractivity contribution >= 4 is 11.5 Å². The molecule has 0 amide bonds. The van der Waals surface area contributed by atoms with E-state index in [0.717, 1.165) is 40.5 Å². The Morgan fingerprint density at radius 3 is 2.44 bits per heavy atom. The van der Waals surface area contributed by atoms with Crippen molar-refractivity contribution in [2.45, 2.75) is 45.6 Å². The van der Waals surface area contributed by atoms with E-state index in [9.17, 15) is 9.50 Å². The normalized spacial score (nSPS) is 16.1. The van der Waals surface area contributed by atoms with Gasteiger partial charge in [-0.15, -0.1) is 0 Å². The fraction of sp³-hybridized carbons (Fsp3) is 0.375. The highest BCUT2D eigenvalue weighted by molar-refractivity contribution is 5.65. The molecule has 0 atom stereocenters. The number of benzene rings is 1. The molecule has 1 aromatic carbocycles. The van der Waals surface area contributed by atoms with Crippen LogP contribution < -0.4 is 4.90 Å². The quantitative estimate of drug-likeness (QED) is 0.518. The lowest BCUT2D eigenvalue weighted by molar-refractivity contribution is 0.0115. The van der Waals surface area contributed by atoms with Crippen molar-refractivity contribution in [2.75, 3.05) is 18.0 Å². The van der Waals surface area contributed by atoms with Crippen LogP contribution in [0, 0.1) is 19.7 Å². The van der Waals surface area contributed by atoms with E-state index in [-0.39, 0.29) is 5.82 Å². The van der Waals surface area contributed by atoms with E-state index in [0.29, 0.717) is 37.3 Å². The Hall–Kier alpha value is -3.26. The molecule has 0 spiro atoms. The molecule has 0 unspecified atom stereocenters. The monoisotopic (exact) mass is 435 g/mol. The average molecular weight is 436 g/mol. The van der Waals surface area contributed by atoms with Crippen LogP contribution in [0.4, 0.5) is 10.2 Å². The zero-order valence-corrected chi connectivity index (χ0v) is 18.5. The number of aromatic nitrogens is 4. The number of anilines is 1. The molecule has 32 heavy (non-hydrogen) atoms. The summed E-state index contributed by atoms with van der Waals surface area (Å²) >= 11 is 0. The number of hydrogen-bond acceptors (Lipinski definition) is 6. The van der Waals surface area contributed by atoms with Crippen molar-refractivity contribution in [3.05, 3.63) is 64.8 Å². The van der Waals surface area contributed by atoms with Gasteiger partial charge in [0.05, 0.1) is 5.60 Å². The van der Waals surface area contributed by atoms with Crippen LogP contribution in [0.2, 0.25) is 0 Å². The standard InChI is InChI=1S/C24H26FN5O2/c1-4-19-16(3)26-22-14-20(21-13-15(2)32-28-21)27-30(22)23(19)29-11-9-24(31,10-12-29)17-5-7-18(25)8-6-17/h5-8,13-14,31H,4,9-12H2,1-3H3. The number of aryl methyl sites for hydroxylation is 2. The molecule has 1 fully saturated rings. The van der Waals surface area contributed by atoms with Crippen LogP contribution in [-0.4, -0.2) is 38.0 Å². The third kappa shape index (κ3) is 3.44. The third-order valence-corrected chi connectivity index (χ3v) is 6.40. The second kappa shape index (κ2) is 7.70. The van der Waals surface area contributed by atoms with Gasteiger partial charge in [0.1, 0.15) is 28.8 Å². The first-order valence-electron chi connectivity index (χ1n) is 10.9. The molecule has 7 nitrogen and oxygen atoms in total. The van der Waals surface area contributed by atoms with Crippen molar-refractivity contribution in [1.29, 1.82) is 0 Å². The molecule has 1 saturated heterocycles. The van der Waals surface area contributed by atoms with Crippen LogP contribution in [0.25, 0.3) is 17.0 Å². The number of halogens is 1. The highest BCUT2D eigenvalue weighted by Gasteiger charge is 2.35. The number of hydrogen-bond donors (Lipinski definition) is 1. The maximum Gasteiger partial charge on any atom is 0.158 e. The number of fused-ring (bicyclic) bond motifs is 1. The van der Waals surface area contributed by atoms with Crippen LogP contribution in [0.3, 0.4) is 0 Å². The fourth-order valence-corrected chi connectivity index (χ4v) is 4.62. The third-order valence-electron chi connectivity index (χ3n) is 6.40. The Labute approximate surface area is 185 Å². The minimum absolute atomic E-state index is 0.297. The molecule has 0 bridgehead atoms. The number of aliphatic hydroxyl groups is 1. The molecule has 4 aromatic rings. The molecule has 3 aromatic heterocycles. The molecular formula is C24H26FN5O2. The van der Waals surface area contributed by atoms with Gasteiger partial charge in [-0.2, -0.15) is 9.61 Å². The van der Waals surface area contributed by atoms with Crippen molar-refractivity contribution in [3.8, 4) is 11.4 Å². The van der Waals surface area contributed by atoms with Gasteiger partial charge in [0.25, 0.3) is 0 Å². The number of rotatable bonds is 4. The number of nitrogens with zero attached hydrogens (tertiary/aromatic N) is 5. The van der Waals surface area contributed by atoms with Gasteiger partial charge in [-0.1, -0.05) is 24.2 Å². The second-order valence-electron chi connectivity index (χ2n) is 8.50. The first-order chi connectivity index (χ1) is 15.4. The van der Waals surface area contributed by atoms with Gasteiger partial charge >= 0.3 is 0 Å². The van der Waals surface area contributed by atoms with E-state index < -0.39 is 5.60 Å². The SMILES string of the molecule is CCc1c(C)nc2cc(-c3cc(C)on3)nn2c1N1CCC(O)(c2ccc(F)cc2)CC1. The highest BCUT2D eigenvalue weighted by atomic mass is 19.1. The number of piperidine rings is 1. The molecule has 1 N–H and O–H groups in total. The van der Waals surface area contributed by atoms with Crippen LogP contribution in [-0.2, 0) is 12.0 Å². The lowest BCUT2D eigenvalue weighted by atomic mass is 9.84. The molecule has 0 radical (unpaired) electrons. The average Bonchev–Trinajstić information content (AvgIpc) is 3.40. The summed E-state index contributed by atoms with van der Waals surface area (Å²) in [4.78, 5) is 7.04. The Kier molecular flexibility index (Phi) is 4.97. The lowest BCUT2D eigenvalue weighted by Gasteiger charge is -2.40. The molecule has 0 aliphatic carbocycles. The van der Waals surface area contributed by atoms with Crippen molar-refractivity contribution in [2.24, 2.45) is 0 Å². The second-order valence-corrected chi connectivity index (χ2v) is 8.50. The Morgan fingerprint density at radius 1 is 1.09 bits per heavy atom. The van der Waals surface area contributed by atoms with E-state index in [1.54, 1.807) is 12.1 Å². The summed E-state index contributed by atoms with van der Waals surface area (Å²) in [6.45, 7) is 7.29. The van der Waals surface area contributed by atoms with Crippen LogP contribution >= 0.6 is 0 Å². The first kappa shape index (κ1) is 20.6. The Bertz CT molecular complexity index is 1270. The fourth-order valence-electron chi connectivity index (χ4n) is 4.62. The smallest absolute Gasteiger partial charge is 0.158 e. The summed E-state index contributed by atoms with van der Waals surface area (Å²) in [7, 11) is 0. The minimum Gasteiger partial charge on any atom is -0.385 e. The van der Waals surface area contributed by atoms with Gasteiger partial charge in [-0.05, 0) is 50.8 Å². The van der Waals surface area contributed by atoms with Crippen molar-refractivity contribution < 1.29 is 14.0 Å². The van der Waals surface area contributed by atoms with Gasteiger partial charge in [-0.3, -0.25) is 0 Å². The molecule has 4 heterocycles. The molecule has 1 aliphatic heterocycles. The van der Waals surface area contributed by atoms with Crippen LogP contribution in [0.15, 0.2) is 40.9 Å².